The molecule has 0 saturated carbocycles. The molecule has 1 aromatic heterocycles. The first-order chi connectivity index (χ1) is 10.2. The van der Waals surface area contributed by atoms with Crippen LogP contribution >= 0.6 is 0 Å². The highest BCUT2D eigenvalue weighted by Gasteiger charge is 2.29. The van der Waals surface area contributed by atoms with Gasteiger partial charge in [0.2, 0.25) is 5.91 Å². The predicted molar refractivity (Wildman–Crippen MR) is 79.8 cm³/mol. The second kappa shape index (κ2) is 5.65. The number of nitrogens with one attached hydrogen (secondary N) is 1. The maximum atomic E-state index is 12.7. The van der Waals surface area contributed by atoms with Gasteiger partial charge in [0.05, 0.1) is 12.6 Å². The molecule has 1 aromatic carbocycles. The minimum atomic E-state index is -0.207. The van der Waals surface area contributed by atoms with Gasteiger partial charge in [0.1, 0.15) is 12.2 Å². The van der Waals surface area contributed by atoms with Crippen molar-refractivity contribution in [3.8, 4) is 0 Å². The number of fused-ring (bicyclic) bond motifs is 1. The molecule has 0 fully saturated rings. The fourth-order valence-electron chi connectivity index (χ4n) is 2.66. The van der Waals surface area contributed by atoms with Crippen LogP contribution in [0.1, 0.15) is 18.3 Å². The molecule has 110 valence electrons. The lowest BCUT2D eigenvalue weighted by Crippen LogP contribution is -2.45. The molecule has 0 saturated heterocycles. The Morgan fingerprint density at radius 2 is 2.29 bits per heavy atom. The van der Waals surface area contributed by atoms with Gasteiger partial charge in [0.15, 0.2) is 0 Å². The Bertz CT molecular complexity index is 625. The van der Waals surface area contributed by atoms with Crippen LogP contribution in [0, 0.1) is 0 Å². The largest absolute Gasteiger partial charge is 0.310 e. The molecule has 0 aliphatic carbocycles. The molecule has 1 atom stereocenters. The first kappa shape index (κ1) is 13.8. The number of carbonyl (C=O) groups excluding carboxylic acids is 1. The number of hydrogen-bond donors (Lipinski definition) is 1. The summed E-state index contributed by atoms with van der Waals surface area (Å²) in [7, 11) is 1.92. The van der Waals surface area contributed by atoms with Gasteiger partial charge in [0.25, 0.3) is 0 Å². The van der Waals surface area contributed by atoms with E-state index in [1.807, 2.05) is 42.0 Å². The van der Waals surface area contributed by atoms with E-state index in [0.717, 1.165) is 24.5 Å². The number of amides is 1. The summed E-state index contributed by atoms with van der Waals surface area (Å²) in [5.74, 6) is 0.890. The van der Waals surface area contributed by atoms with Gasteiger partial charge in [0, 0.05) is 12.2 Å². The number of nitrogens with zero attached hydrogens (tertiary/aromatic N) is 4. The van der Waals surface area contributed by atoms with Crippen molar-refractivity contribution in [1.29, 1.82) is 0 Å². The molecule has 0 spiro atoms. The van der Waals surface area contributed by atoms with Crippen molar-refractivity contribution in [2.75, 3.05) is 18.5 Å². The second-order valence-electron chi connectivity index (χ2n) is 5.39. The van der Waals surface area contributed by atoms with Gasteiger partial charge in [-0.15, -0.1) is 0 Å². The van der Waals surface area contributed by atoms with Gasteiger partial charge < -0.3 is 4.90 Å². The molecular weight excluding hydrogens is 266 g/mol. The van der Waals surface area contributed by atoms with E-state index in [0.29, 0.717) is 6.54 Å². The number of rotatable bonds is 4. The van der Waals surface area contributed by atoms with Crippen molar-refractivity contribution >= 4 is 11.6 Å². The number of benzene rings is 1. The van der Waals surface area contributed by atoms with Crippen LogP contribution in [0.4, 0.5) is 5.69 Å². The Labute approximate surface area is 123 Å². The first-order valence-corrected chi connectivity index (χ1v) is 7.10. The molecule has 0 bridgehead atoms. The Morgan fingerprint density at radius 1 is 1.48 bits per heavy atom. The highest BCUT2D eigenvalue weighted by molar-refractivity contribution is 5.98. The maximum Gasteiger partial charge on any atom is 0.244 e. The van der Waals surface area contributed by atoms with E-state index in [-0.39, 0.29) is 11.9 Å². The number of H-pyrrole nitrogens is 1. The quantitative estimate of drug-likeness (QED) is 0.917. The standard InChI is InChI=1S/C15H19N5O/c1-11(19(2)9-14-16-10-17-18-14)15(21)20-8-7-12-5-3-4-6-13(12)20/h3-6,10-11H,7-9H2,1-2H3,(H,16,17,18). The third kappa shape index (κ3) is 2.67. The number of aromatic amines is 1. The van der Waals surface area contributed by atoms with Crippen molar-refractivity contribution in [2.24, 2.45) is 0 Å². The summed E-state index contributed by atoms with van der Waals surface area (Å²) in [6, 6.07) is 7.90. The molecule has 1 aliphatic rings. The van der Waals surface area contributed by atoms with Crippen LogP contribution in [0.3, 0.4) is 0 Å². The maximum absolute atomic E-state index is 12.7. The summed E-state index contributed by atoms with van der Waals surface area (Å²) in [6.07, 6.45) is 2.41. The monoisotopic (exact) mass is 285 g/mol. The van der Waals surface area contributed by atoms with Gasteiger partial charge in [-0.2, -0.15) is 5.10 Å². The minimum Gasteiger partial charge on any atom is -0.310 e. The van der Waals surface area contributed by atoms with Crippen molar-refractivity contribution in [1.82, 2.24) is 20.1 Å². The van der Waals surface area contributed by atoms with Gasteiger partial charge in [-0.3, -0.25) is 14.8 Å². The van der Waals surface area contributed by atoms with Crippen LogP contribution < -0.4 is 4.90 Å². The number of anilines is 1. The summed E-state index contributed by atoms with van der Waals surface area (Å²) in [5.41, 5.74) is 2.29. The zero-order valence-corrected chi connectivity index (χ0v) is 12.3. The van der Waals surface area contributed by atoms with Crippen molar-refractivity contribution < 1.29 is 4.79 Å². The zero-order valence-electron chi connectivity index (χ0n) is 12.3. The molecule has 1 amide bonds. The van der Waals surface area contributed by atoms with Crippen molar-refractivity contribution in [3.63, 3.8) is 0 Å². The van der Waals surface area contributed by atoms with Crippen molar-refractivity contribution in [3.05, 3.63) is 42.0 Å². The van der Waals surface area contributed by atoms with Crippen LogP contribution in [0.25, 0.3) is 0 Å². The van der Waals surface area contributed by atoms with Crippen LogP contribution in [0.15, 0.2) is 30.6 Å². The number of carbonyl (C=O) groups is 1. The summed E-state index contributed by atoms with van der Waals surface area (Å²) < 4.78 is 0. The molecule has 1 aliphatic heterocycles. The molecule has 1 N–H and O–H groups in total. The van der Waals surface area contributed by atoms with E-state index in [1.165, 1.54) is 11.9 Å². The van der Waals surface area contributed by atoms with Gasteiger partial charge in [-0.05, 0) is 32.0 Å². The lowest BCUT2D eigenvalue weighted by Gasteiger charge is -2.27. The lowest BCUT2D eigenvalue weighted by atomic mass is 10.2. The van der Waals surface area contributed by atoms with E-state index >= 15 is 0 Å². The average molecular weight is 285 g/mol. The molecule has 1 unspecified atom stereocenters. The van der Waals surface area contributed by atoms with E-state index in [1.54, 1.807) is 0 Å². The van der Waals surface area contributed by atoms with Crippen molar-refractivity contribution in [2.45, 2.75) is 25.9 Å². The molecule has 21 heavy (non-hydrogen) atoms. The first-order valence-electron chi connectivity index (χ1n) is 7.10. The van der Waals surface area contributed by atoms with Crippen LogP contribution in [-0.2, 0) is 17.8 Å². The number of aromatic nitrogens is 3. The molecular formula is C15H19N5O. The summed E-state index contributed by atoms with van der Waals surface area (Å²) in [5, 5.41) is 6.65. The fourth-order valence-corrected chi connectivity index (χ4v) is 2.66. The number of hydrogen-bond acceptors (Lipinski definition) is 4. The Kier molecular flexibility index (Phi) is 3.70. The Hall–Kier alpha value is -2.21. The van der Waals surface area contributed by atoms with E-state index in [9.17, 15) is 4.79 Å². The van der Waals surface area contributed by atoms with E-state index < -0.39 is 0 Å². The third-order valence-electron chi connectivity index (χ3n) is 4.04. The summed E-state index contributed by atoms with van der Waals surface area (Å²) in [6.45, 7) is 3.26. The predicted octanol–water partition coefficient (Wildman–Crippen LogP) is 1.21. The summed E-state index contributed by atoms with van der Waals surface area (Å²) in [4.78, 5) is 20.7. The van der Waals surface area contributed by atoms with Crippen LogP contribution in [0.5, 0.6) is 0 Å². The highest BCUT2D eigenvalue weighted by atomic mass is 16.2. The van der Waals surface area contributed by atoms with Crippen LogP contribution in [-0.4, -0.2) is 45.6 Å². The smallest absolute Gasteiger partial charge is 0.244 e. The second-order valence-corrected chi connectivity index (χ2v) is 5.39. The zero-order chi connectivity index (χ0) is 14.8. The minimum absolute atomic E-state index is 0.127. The third-order valence-corrected chi connectivity index (χ3v) is 4.04. The fraction of sp³-hybridized carbons (Fsp3) is 0.400. The van der Waals surface area contributed by atoms with E-state index in [2.05, 4.69) is 21.2 Å². The van der Waals surface area contributed by atoms with Gasteiger partial charge in [-0.1, -0.05) is 18.2 Å². The lowest BCUT2D eigenvalue weighted by molar-refractivity contribution is -0.122. The molecule has 3 rings (SSSR count). The molecule has 6 heteroatoms. The average Bonchev–Trinajstić information content (AvgIpc) is 3.14. The van der Waals surface area contributed by atoms with E-state index in [4.69, 9.17) is 0 Å². The normalized spacial score (nSPS) is 15.3. The van der Waals surface area contributed by atoms with Gasteiger partial charge >= 0.3 is 0 Å². The van der Waals surface area contributed by atoms with Crippen LogP contribution in [0.2, 0.25) is 0 Å². The molecule has 6 nitrogen and oxygen atoms in total. The topological polar surface area (TPSA) is 65.1 Å². The molecule has 2 aromatic rings. The SMILES string of the molecule is CC(C(=O)N1CCc2ccccc21)N(C)Cc1ncn[nH]1. The summed E-state index contributed by atoms with van der Waals surface area (Å²) >= 11 is 0. The number of para-hydroxylation sites is 1. The number of likely N-dealkylation sites (N-methyl/N-ethyl adjacent to an activating group) is 1. The Morgan fingerprint density at radius 3 is 3.05 bits per heavy atom. The highest BCUT2D eigenvalue weighted by Crippen LogP contribution is 2.28. The molecule has 0 radical (unpaired) electrons. The Balaban J connectivity index is 1.70. The molecule has 2 heterocycles. The van der Waals surface area contributed by atoms with Gasteiger partial charge in [-0.25, -0.2) is 4.98 Å².